The standard InChI is InChI=1S/C14H19N3O2/c1-10(2)11(18)6-7-15-12-9-14(19)17-8-4-3-5-13(17)16-12/h3-5,8-11,15,18H,6-7H2,1-2H3/t11-/m0/s1. The second-order valence-electron chi connectivity index (χ2n) is 4.94. The van der Waals surface area contributed by atoms with Gasteiger partial charge >= 0.3 is 0 Å². The molecule has 0 amide bonds. The summed E-state index contributed by atoms with van der Waals surface area (Å²) in [5, 5.41) is 12.8. The van der Waals surface area contributed by atoms with Crippen molar-refractivity contribution in [2.45, 2.75) is 26.4 Å². The Morgan fingerprint density at radius 3 is 2.95 bits per heavy atom. The number of anilines is 1. The van der Waals surface area contributed by atoms with Crippen LogP contribution < -0.4 is 10.9 Å². The zero-order valence-corrected chi connectivity index (χ0v) is 11.2. The van der Waals surface area contributed by atoms with Crippen LogP contribution in [0.3, 0.4) is 0 Å². The van der Waals surface area contributed by atoms with Crippen LogP contribution >= 0.6 is 0 Å². The van der Waals surface area contributed by atoms with Crippen molar-refractivity contribution in [1.29, 1.82) is 0 Å². The summed E-state index contributed by atoms with van der Waals surface area (Å²) in [5.41, 5.74) is 0.499. The summed E-state index contributed by atoms with van der Waals surface area (Å²) in [4.78, 5) is 16.2. The van der Waals surface area contributed by atoms with Crippen LogP contribution in [0.1, 0.15) is 20.3 Å². The van der Waals surface area contributed by atoms with Crippen molar-refractivity contribution in [2.24, 2.45) is 5.92 Å². The van der Waals surface area contributed by atoms with Crippen LogP contribution in [0.25, 0.3) is 5.65 Å². The van der Waals surface area contributed by atoms with E-state index in [4.69, 9.17) is 0 Å². The Morgan fingerprint density at radius 2 is 2.21 bits per heavy atom. The van der Waals surface area contributed by atoms with Gasteiger partial charge in [0.2, 0.25) is 0 Å². The molecule has 2 N–H and O–H groups in total. The number of aromatic nitrogens is 2. The highest BCUT2D eigenvalue weighted by molar-refractivity contribution is 5.46. The van der Waals surface area contributed by atoms with Crippen LogP contribution in [0.2, 0.25) is 0 Å². The molecule has 0 radical (unpaired) electrons. The van der Waals surface area contributed by atoms with Crippen LogP contribution in [0.4, 0.5) is 5.82 Å². The Bertz CT molecular complexity index is 607. The zero-order valence-electron chi connectivity index (χ0n) is 11.2. The van der Waals surface area contributed by atoms with Crippen LogP contribution in [0.15, 0.2) is 35.3 Å². The molecule has 0 saturated carbocycles. The number of aliphatic hydroxyl groups excluding tert-OH is 1. The molecule has 0 aliphatic heterocycles. The lowest BCUT2D eigenvalue weighted by Gasteiger charge is -2.14. The summed E-state index contributed by atoms with van der Waals surface area (Å²) in [6.45, 7) is 4.55. The molecule has 2 rings (SSSR count). The first kappa shape index (κ1) is 13.5. The van der Waals surface area contributed by atoms with Gasteiger partial charge in [-0.15, -0.1) is 0 Å². The molecule has 5 nitrogen and oxygen atoms in total. The van der Waals surface area contributed by atoms with E-state index in [-0.39, 0.29) is 17.6 Å². The first-order valence-corrected chi connectivity index (χ1v) is 6.48. The lowest BCUT2D eigenvalue weighted by atomic mass is 10.0. The predicted octanol–water partition coefficient (Wildman–Crippen LogP) is 1.51. The van der Waals surface area contributed by atoms with Gasteiger partial charge in [0.15, 0.2) is 0 Å². The fourth-order valence-corrected chi connectivity index (χ4v) is 1.83. The molecule has 19 heavy (non-hydrogen) atoms. The molecular formula is C14H19N3O2. The molecule has 0 saturated heterocycles. The normalized spacial score (nSPS) is 12.8. The minimum absolute atomic E-state index is 0.113. The largest absolute Gasteiger partial charge is 0.393 e. The minimum Gasteiger partial charge on any atom is -0.393 e. The highest BCUT2D eigenvalue weighted by Crippen LogP contribution is 2.07. The predicted molar refractivity (Wildman–Crippen MR) is 75.4 cm³/mol. The molecule has 0 spiro atoms. The summed E-state index contributed by atoms with van der Waals surface area (Å²) in [6.07, 6.45) is 1.99. The quantitative estimate of drug-likeness (QED) is 0.856. The molecule has 0 aliphatic carbocycles. The maximum atomic E-state index is 11.8. The molecule has 0 unspecified atom stereocenters. The average Bonchev–Trinajstić information content (AvgIpc) is 2.38. The van der Waals surface area contributed by atoms with Gasteiger partial charge in [0.25, 0.3) is 5.56 Å². The highest BCUT2D eigenvalue weighted by Gasteiger charge is 2.08. The number of nitrogens with one attached hydrogen (secondary N) is 1. The average molecular weight is 261 g/mol. The third-order valence-electron chi connectivity index (χ3n) is 3.09. The van der Waals surface area contributed by atoms with Crippen molar-refractivity contribution >= 4 is 11.5 Å². The SMILES string of the molecule is CC(C)[C@@H](O)CCNc1cc(=O)n2ccccc2n1. The number of aliphatic hydroxyl groups is 1. The van der Waals surface area contributed by atoms with Gasteiger partial charge in [0.05, 0.1) is 6.10 Å². The van der Waals surface area contributed by atoms with Crippen LogP contribution in [-0.2, 0) is 0 Å². The number of hydrogen-bond acceptors (Lipinski definition) is 4. The highest BCUT2D eigenvalue weighted by atomic mass is 16.3. The van der Waals surface area contributed by atoms with Gasteiger partial charge in [0.1, 0.15) is 11.5 Å². The molecule has 0 bridgehead atoms. The summed E-state index contributed by atoms with van der Waals surface area (Å²) in [5.74, 6) is 0.782. The third-order valence-corrected chi connectivity index (χ3v) is 3.09. The first-order chi connectivity index (χ1) is 9.08. The lowest BCUT2D eigenvalue weighted by Crippen LogP contribution is -2.20. The molecule has 0 aromatic carbocycles. The summed E-state index contributed by atoms with van der Waals surface area (Å²) in [7, 11) is 0. The number of nitrogens with zero attached hydrogens (tertiary/aromatic N) is 2. The van der Waals surface area contributed by atoms with Crippen LogP contribution in [0, 0.1) is 5.92 Å². The Balaban J connectivity index is 2.08. The second kappa shape index (κ2) is 5.84. The van der Waals surface area contributed by atoms with Gasteiger partial charge < -0.3 is 10.4 Å². The van der Waals surface area contributed by atoms with Gasteiger partial charge in [-0.05, 0) is 24.5 Å². The molecule has 2 heterocycles. The Kier molecular flexibility index (Phi) is 4.16. The van der Waals surface area contributed by atoms with E-state index < -0.39 is 0 Å². The maximum Gasteiger partial charge on any atom is 0.259 e. The van der Waals surface area contributed by atoms with E-state index in [1.54, 1.807) is 18.3 Å². The van der Waals surface area contributed by atoms with Gasteiger partial charge in [0, 0.05) is 18.8 Å². The van der Waals surface area contributed by atoms with Gasteiger partial charge in [-0.2, -0.15) is 0 Å². The van der Waals surface area contributed by atoms with Crippen LogP contribution in [-0.4, -0.2) is 27.1 Å². The van der Waals surface area contributed by atoms with Gasteiger partial charge in [-0.1, -0.05) is 19.9 Å². The molecule has 0 fully saturated rings. The lowest BCUT2D eigenvalue weighted by molar-refractivity contribution is 0.120. The molecule has 102 valence electrons. The van der Waals surface area contributed by atoms with Gasteiger partial charge in [-0.3, -0.25) is 9.20 Å². The van der Waals surface area contributed by atoms with E-state index in [2.05, 4.69) is 10.3 Å². The molecule has 1 atom stereocenters. The van der Waals surface area contributed by atoms with E-state index in [1.165, 1.54) is 10.5 Å². The number of hydrogen-bond donors (Lipinski definition) is 2. The van der Waals surface area contributed by atoms with E-state index in [0.29, 0.717) is 24.4 Å². The molecule has 5 heteroatoms. The van der Waals surface area contributed by atoms with Crippen molar-refractivity contribution < 1.29 is 5.11 Å². The van der Waals surface area contributed by atoms with Crippen LogP contribution in [0.5, 0.6) is 0 Å². The van der Waals surface area contributed by atoms with E-state index in [9.17, 15) is 9.90 Å². The van der Waals surface area contributed by atoms with E-state index >= 15 is 0 Å². The molecular weight excluding hydrogens is 242 g/mol. The summed E-state index contributed by atoms with van der Waals surface area (Å²) >= 11 is 0. The van der Waals surface area contributed by atoms with E-state index in [1.807, 2.05) is 19.9 Å². The minimum atomic E-state index is -0.339. The maximum absolute atomic E-state index is 11.8. The number of pyridine rings is 1. The van der Waals surface area contributed by atoms with Crippen molar-refractivity contribution in [3.05, 3.63) is 40.8 Å². The van der Waals surface area contributed by atoms with E-state index in [0.717, 1.165) is 0 Å². The summed E-state index contributed by atoms with van der Waals surface area (Å²) in [6, 6.07) is 6.89. The van der Waals surface area contributed by atoms with Crippen molar-refractivity contribution in [1.82, 2.24) is 9.38 Å². The first-order valence-electron chi connectivity index (χ1n) is 6.48. The fourth-order valence-electron chi connectivity index (χ4n) is 1.83. The van der Waals surface area contributed by atoms with Crippen molar-refractivity contribution in [3.8, 4) is 0 Å². The smallest absolute Gasteiger partial charge is 0.259 e. The monoisotopic (exact) mass is 261 g/mol. The van der Waals surface area contributed by atoms with Crippen molar-refractivity contribution in [3.63, 3.8) is 0 Å². The summed E-state index contributed by atoms with van der Waals surface area (Å²) < 4.78 is 1.49. The Morgan fingerprint density at radius 1 is 1.42 bits per heavy atom. The van der Waals surface area contributed by atoms with Crippen molar-refractivity contribution in [2.75, 3.05) is 11.9 Å². The Hall–Kier alpha value is -1.88. The molecule has 2 aromatic rings. The molecule has 0 aliphatic rings. The topological polar surface area (TPSA) is 66.6 Å². The second-order valence-corrected chi connectivity index (χ2v) is 4.94. The fraction of sp³-hybridized carbons (Fsp3) is 0.429. The zero-order chi connectivity index (χ0) is 13.8. The number of fused-ring (bicyclic) bond motifs is 1. The molecule has 2 aromatic heterocycles. The van der Waals surface area contributed by atoms with Gasteiger partial charge in [-0.25, -0.2) is 4.98 Å². The number of rotatable bonds is 5. The Labute approximate surface area is 111 Å². The third kappa shape index (κ3) is 3.32.